The number of thiazole rings is 1. The zero-order chi connectivity index (χ0) is 35.0. The summed E-state index contributed by atoms with van der Waals surface area (Å²) in [6, 6.07) is 12.4. The number of anilines is 1. The number of aromatic carboxylic acids is 1. The number of carboxylic acid groups (broad SMARTS) is 1. The van der Waals surface area contributed by atoms with Gasteiger partial charge in [0.25, 0.3) is 0 Å². The van der Waals surface area contributed by atoms with Crippen molar-refractivity contribution in [3.8, 4) is 5.75 Å². The Bertz CT molecular complexity index is 1640. The van der Waals surface area contributed by atoms with E-state index in [0.29, 0.717) is 17.7 Å². The number of nitrogens with two attached hydrogens (primary N) is 1. The van der Waals surface area contributed by atoms with E-state index in [2.05, 4.69) is 43.0 Å². The third-order valence-electron chi connectivity index (χ3n) is 7.97. The number of aromatic nitrogens is 1. The van der Waals surface area contributed by atoms with E-state index in [1.54, 1.807) is 17.5 Å². The van der Waals surface area contributed by atoms with Crippen LogP contribution in [0.25, 0.3) is 0 Å². The molecule has 0 spiro atoms. The molecule has 0 aliphatic carbocycles. The molecule has 0 radical (unpaired) electrons. The van der Waals surface area contributed by atoms with Gasteiger partial charge in [-0.2, -0.15) is 0 Å². The van der Waals surface area contributed by atoms with E-state index in [9.17, 15) is 24.3 Å². The number of rotatable bonds is 10. The summed E-state index contributed by atoms with van der Waals surface area (Å²) in [6.45, 7) is 11.2. The number of piperazine rings is 1. The molecule has 0 saturated carbocycles. The van der Waals surface area contributed by atoms with Gasteiger partial charge in [-0.25, -0.2) is 14.6 Å². The van der Waals surface area contributed by atoms with Gasteiger partial charge in [-0.05, 0) is 29.5 Å². The first-order chi connectivity index (χ1) is 22.9. The summed E-state index contributed by atoms with van der Waals surface area (Å²) in [7, 11) is 0.537. The van der Waals surface area contributed by atoms with Gasteiger partial charge in [0.15, 0.2) is 5.13 Å². The Labute approximate surface area is 284 Å². The van der Waals surface area contributed by atoms with Gasteiger partial charge in [-0.1, -0.05) is 76.2 Å². The number of hydrogen-bond acceptors (Lipinski definition) is 10. The molecule has 13 nitrogen and oxygen atoms in total. The first-order valence-electron chi connectivity index (χ1n) is 15.6. The second-order valence-electron chi connectivity index (χ2n) is 11.8. The predicted molar refractivity (Wildman–Crippen MR) is 183 cm³/mol. The Morgan fingerprint density at radius 3 is 2.48 bits per heavy atom. The quantitative estimate of drug-likeness (QED) is 0.182. The van der Waals surface area contributed by atoms with E-state index >= 15 is 0 Å². The van der Waals surface area contributed by atoms with Crippen LogP contribution in [-0.4, -0.2) is 77.0 Å². The van der Waals surface area contributed by atoms with Crippen molar-refractivity contribution in [3.05, 3.63) is 88.6 Å². The minimum atomic E-state index is -1.12. The van der Waals surface area contributed by atoms with Crippen LogP contribution in [0.2, 0.25) is 0 Å². The number of hydrogen-bond donors (Lipinski definition) is 4. The lowest BCUT2D eigenvalue weighted by Gasteiger charge is -2.35. The monoisotopic (exact) mass is 676 g/mol. The van der Waals surface area contributed by atoms with Crippen molar-refractivity contribution in [3.63, 3.8) is 0 Å². The molecule has 5 N–H and O–H groups in total. The number of carbonyl (C=O) groups excluding carboxylic acids is 3. The molecule has 2 aliphatic heterocycles. The molecule has 2 aliphatic rings. The lowest BCUT2D eigenvalue weighted by molar-refractivity contribution is -0.154. The number of nitrogens with zero attached hydrogens (tertiary/aromatic N) is 3. The minimum Gasteiger partial charge on any atom is -0.534 e. The minimum absolute atomic E-state index is 0.0000220. The van der Waals surface area contributed by atoms with E-state index in [0.717, 1.165) is 27.7 Å². The van der Waals surface area contributed by atoms with Crippen molar-refractivity contribution < 1.29 is 33.6 Å². The number of imide groups is 1. The Hall–Kier alpha value is -4.89. The first-order valence-corrected chi connectivity index (χ1v) is 16.5. The Kier molecular flexibility index (Phi) is 12.2. The number of nitrogens with one attached hydrogen (secondary N) is 2. The van der Waals surface area contributed by atoms with Crippen LogP contribution in [0, 0.1) is 5.92 Å². The molecule has 5 rings (SSSR count). The van der Waals surface area contributed by atoms with Gasteiger partial charge in [0, 0.05) is 37.8 Å². The van der Waals surface area contributed by atoms with Crippen LogP contribution >= 0.6 is 11.3 Å². The fourth-order valence-corrected chi connectivity index (χ4v) is 5.62. The normalized spacial score (nSPS) is 16.4. The van der Waals surface area contributed by atoms with Gasteiger partial charge in [0.2, 0.25) is 0 Å². The topological polar surface area (TPSA) is 176 Å². The number of urea groups is 1. The highest BCUT2D eigenvalue weighted by atomic mass is 32.1. The Morgan fingerprint density at radius 1 is 1.17 bits per heavy atom. The van der Waals surface area contributed by atoms with Crippen LogP contribution in [0.5, 0.6) is 5.75 Å². The van der Waals surface area contributed by atoms with Crippen LogP contribution < -0.4 is 21.0 Å². The smallest absolute Gasteiger partial charge is 0.534 e. The number of nitrogen functional groups attached to an aromatic ring is 1. The molecule has 2 aromatic carbocycles. The molecule has 1 aromatic heterocycles. The molecular weight excluding hydrogens is 635 g/mol. The van der Waals surface area contributed by atoms with Crippen LogP contribution in [0.4, 0.5) is 9.93 Å². The summed E-state index contributed by atoms with van der Waals surface area (Å²) in [6.07, 6.45) is 1.63. The first kappa shape index (κ1) is 36.0. The highest BCUT2D eigenvalue weighted by Gasteiger charge is 2.41. The molecular formula is C33H41BN6O7S. The second-order valence-corrected chi connectivity index (χ2v) is 12.7. The summed E-state index contributed by atoms with van der Waals surface area (Å²) in [5.74, 6) is -2.28. The van der Waals surface area contributed by atoms with Crippen molar-refractivity contribution in [1.82, 2.24) is 25.4 Å². The van der Waals surface area contributed by atoms with E-state index < -0.39 is 42.9 Å². The SMILES string of the molecule is C=C(NC1Cc2cccc(C(=O)O)c2OB1OC)C(NC(=O)N1CCN(Cc2ccccc2)C(=O)C1=O)c1csc(N)n1.CCC(C)C. The molecule has 4 amide bonds. The predicted octanol–water partition coefficient (Wildman–Crippen LogP) is 3.88. The number of fused-ring (bicyclic) bond motifs is 1. The fourth-order valence-electron chi connectivity index (χ4n) is 5.03. The molecule has 3 aromatic rings. The van der Waals surface area contributed by atoms with Crippen molar-refractivity contribution in [1.29, 1.82) is 0 Å². The Balaban J connectivity index is 0.000000968. The van der Waals surface area contributed by atoms with E-state index in [1.807, 2.05) is 30.3 Å². The maximum absolute atomic E-state index is 13.4. The largest absolute Gasteiger partial charge is 0.549 e. The maximum atomic E-state index is 13.4. The number of carbonyl (C=O) groups is 4. The van der Waals surface area contributed by atoms with Crippen LogP contribution in [0.15, 0.2) is 66.2 Å². The van der Waals surface area contributed by atoms with Crippen LogP contribution in [0.1, 0.15) is 60.4 Å². The van der Waals surface area contributed by atoms with E-state index in [4.69, 9.17) is 15.0 Å². The summed E-state index contributed by atoms with van der Waals surface area (Å²) in [4.78, 5) is 57.5. The molecule has 2 atom stereocenters. The number of benzene rings is 2. The lowest BCUT2D eigenvalue weighted by atomic mass is 9.71. The van der Waals surface area contributed by atoms with Gasteiger partial charge in [-0.3, -0.25) is 14.5 Å². The number of para-hydroxylation sites is 1. The molecule has 254 valence electrons. The molecule has 15 heteroatoms. The van der Waals surface area contributed by atoms with Crippen LogP contribution in [-0.2, 0) is 27.2 Å². The van der Waals surface area contributed by atoms with Crippen molar-refractivity contribution in [2.24, 2.45) is 5.92 Å². The second kappa shape index (κ2) is 16.3. The summed E-state index contributed by atoms with van der Waals surface area (Å²) in [5.41, 5.74) is 8.06. The lowest BCUT2D eigenvalue weighted by Crippen LogP contribution is -2.58. The number of amides is 4. The van der Waals surface area contributed by atoms with Gasteiger partial charge < -0.3 is 35.7 Å². The van der Waals surface area contributed by atoms with Gasteiger partial charge in [-0.15, -0.1) is 11.3 Å². The third kappa shape index (κ3) is 8.72. The average Bonchev–Trinajstić information content (AvgIpc) is 3.51. The molecule has 1 saturated heterocycles. The molecule has 48 heavy (non-hydrogen) atoms. The van der Waals surface area contributed by atoms with Gasteiger partial charge >= 0.3 is 30.9 Å². The molecule has 1 fully saturated rings. The summed E-state index contributed by atoms with van der Waals surface area (Å²) < 4.78 is 11.4. The number of carboxylic acids is 1. The van der Waals surface area contributed by atoms with Crippen molar-refractivity contribution >= 4 is 47.4 Å². The zero-order valence-corrected chi connectivity index (χ0v) is 28.3. The van der Waals surface area contributed by atoms with Gasteiger partial charge in [0.05, 0.1) is 17.2 Å². The zero-order valence-electron chi connectivity index (χ0n) is 27.5. The Morgan fingerprint density at radius 2 is 1.88 bits per heavy atom. The third-order valence-corrected chi connectivity index (χ3v) is 8.66. The molecule has 3 heterocycles. The van der Waals surface area contributed by atoms with Crippen LogP contribution in [0.3, 0.4) is 0 Å². The van der Waals surface area contributed by atoms with Crippen molar-refractivity contribution in [2.75, 3.05) is 25.9 Å². The molecule has 0 bridgehead atoms. The van der Waals surface area contributed by atoms with E-state index in [1.165, 1.54) is 24.5 Å². The van der Waals surface area contributed by atoms with E-state index in [-0.39, 0.29) is 41.8 Å². The fraction of sp³-hybridized carbons (Fsp3) is 0.364. The summed E-state index contributed by atoms with van der Waals surface area (Å²) in [5, 5.41) is 17.4. The van der Waals surface area contributed by atoms with Gasteiger partial charge in [0.1, 0.15) is 11.8 Å². The summed E-state index contributed by atoms with van der Waals surface area (Å²) >= 11 is 1.16. The molecule has 2 unspecified atom stereocenters. The standard InChI is InChI=1S/C28H29BN6O7S.C5H12/c1-16(31-21-13-18-9-6-10-19(26(38)39)23(18)42-29(21)41-2)22(20-15-43-27(30)32-20)33-28(40)35-12-11-34(24(36)25(35)37)14-17-7-4-3-5-8-17;1-4-5(2)3/h3-10,15,21-22,31H,1,11-14H2,2H3,(H2,30,32)(H,33,40)(H,38,39);5H,4H2,1-3H3. The average molecular weight is 677 g/mol. The maximum Gasteiger partial charge on any atom is 0.549 e. The highest BCUT2D eigenvalue weighted by molar-refractivity contribution is 7.13. The van der Waals surface area contributed by atoms with Crippen molar-refractivity contribution in [2.45, 2.75) is 52.1 Å². The highest BCUT2D eigenvalue weighted by Crippen LogP contribution is 2.32.